The molecule has 2 aromatic heterocycles. The number of rotatable bonds is 11. The average Bonchev–Trinajstić information content (AvgIpc) is 3.46. The zero-order chi connectivity index (χ0) is 25.7. The second-order valence-corrected chi connectivity index (χ2v) is 9.36. The number of anilines is 1. The maximum atomic E-state index is 10.0. The van der Waals surface area contributed by atoms with Crippen LogP contribution in [0.2, 0.25) is 0 Å². The van der Waals surface area contributed by atoms with Crippen molar-refractivity contribution in [2.75, 3.05) is 52.3 Å². The molecule has 3 aromatic rings. The number of ether oxygens (including phenoxy) is 2. The quantitative estimate of drug-likeness (QED) is 0.314. The van der Waals surface area contributed by atoms with Crippen molar-refractivity contribution in [1.29, 1.82) is 0 Å². The molecule has 4 N–H and O–H groups in total. The minimum Gasteiger partial charge on any atom is -0.491 e. The fraction of sp³-hybridized carbons (Fsp3) is 0.500. The second-order valence-electron chi connectivity index (χ2n) is 9.36. The fourth-order valence-corrected chi connectivity index (χ4v) is 4.52. The summed E-state index contributed by atoms with van der Waals surface area (Å²) in [6.45, 7) is 8.48. The van der Waals surface area contributed by atoms with Crippen molar-refractivity contribution < 1.29 is 19.1 Å². The van der Waals surface area contributed by atoms with E-state index in [1.807, 2.05) is 52.1 Å². The molecule has 3 heterocycles. The Morgan fingerprint density at radius 3 is 2.67 bits per heavy atom. The number of aliphatic hydroxyl groups excluding tert-OH is 1. The number of hydrogen-bond acceptors (Lipinski definition) is 10. The minimum absolute atomic E-state index is 0.183. The summed E-state index contributed by atoms with van der Waals surface area (Å²) in [4.78, 5) is 9.92. The Hall–Kier alpha value is -3.05. The van der Waals surface area contributed by atoms with Crippen molar-refractivity contribution in [3.8, 4) is 28.4 Å². The summed E-state index contributed by atoms with van der Waals surface area (Å²) in [5.74, 6) is 2.64. The third-order valence-corrected chi connectivity index (χ3v) is 6.39. The SMILES string of the molecule is CNCC(O)COc1cccc(-c2nc(NC3(CNC)CCOC3)c(C)c(-c3c(C)noc3C)n2)c1. The van der Waals surface area contributed by atoms with Crippen molar-refractivity contribution in [3.63, 3.8) is 0 Å². The lowest BCUT2D eigenvalue weighted by molar-refractivity contribution is 0.108. The van der Waals surface area contributed by atoms with Crippen LogP contribution in [0.25, 0.3) is 22.6 Å². The molecular formula is C26H36N6O4. The van der Waals surface area contributed by atoms with Crippen molar-refractivity contribution >= 4 is 5.82 Å². The molecule has 10 nitrogen and oxygen atoms in total. The van der Waals surface area contributed by atoms with Gasteiger partial charge in [0.25, 0.3) is 0 Å². The predicted octanol–water partition coefficient (Wildman–Crippen LogP) is 2.47. The van der Waals surface area contributed by atoms with Gasteiger partial charge in [-0.05, 0) is 53.4 Å². The van der Waals surface area contributed by atoms with Gasteiger partial charge in [-0.15, -0.1) is 0 Å². The number of nitrogens with one attached hydrogen (secondary N) is 3. The molecule has 0 saturated carbocycles. The first-order valence-corrected chi connectivity index (χ1v) is 12.2. The van der Waals surface area contributed by atoms with Crippen LogP contribution in [-0.2, 0) is 4.74 Å². The van der Waals surface area contributed by atoms with Crippen LogP contribution in [0.5, 0.6) is 5.75 Å². The van der Waals surface area contributed by atoms with Gasteiger partial charge in [-0.3, -0.25) is 0 Å². The molecule has 0 bridgehead atoms. The predicted molar refractivity (Wildman–Crippen MR) is 138 cm³/mol. The Labute approximate surface area is 211 Å². The van der Waals surface area contributed by atoms with Crippen LogP contribution in [0.15, 0.2) is 28.8 Å². The zero-order valence-electron chi connectivity index (χ0n) is 21.6. The summed E-state index contributed by atoms with van der Waals surface area (Å²) in [6.07, 6.45) is 0.263. The number of aliphatic hydroxyl groups is 1. The molecular weight excluding hydrogens is 460 g/mol. The molecule has 1 fully saturated rings. The number of likely N-dealkylation sites (N-methyl/N-ethyl adjacent to an activating group) is 2. The highest BCUT2D eigenvalue weighted by atomic mass is 16.5. The van der Waals surface area contributed by atoms with Crippen LogP contribution in [0.1, 0.15) is 23.4 Å². The van der Waals surface area contributed by atoms with Gasteiger partial charge in [0.2, 0.25) is 0 Å². The van der Waals surface area contributed by atoms with E-state index >= 15 is 0 Å². The summed E-state index contributed by atoms with van der Waals surface area (Å²) >= 11 is 0. The maximum Gasteiger partial charge on any atom is 0.162 e. The molecule has 0 amide bonds. The summed E-state index contributed by atoms with van der Waals surface area (Å²) in [5.41, 5.74) is 3.86. The molecule has 4 rings (SSSR count). The normalized spacial score (nSPS) is 18.4. The highest BCUT2D eigenvalue weighted by molar-refractivity contribution is 5.75. The van der Waals surface area contributed by atoms with Gasteiger partial charge in [0.05, 0.1) is 29.1 Å². The minimum atomic E-state index is -0.603. The highest BCUT2D eigenvalue weighted by Gasteiger charge is 2.35. The molecule has 1 aromatic carbocycles. The lowest BCUT2D eigenvalue weighted by Crippen LogP contribution is -2.47. The van der Waals surface area contributed by atoms with E-state index in [9.17, 15) is 5.11 Å². The summed E-state index contributed by atoms with van der Waals surface area (Å²) in [7, 11) is 3.73. The van der Waals surface area contributed by atoms with E-state index in [-0.39, 0.29) is 12.1 Å². The van der Waals surface area contributed by atoms with Crippen molar-refractivity contribution in [1.82, 2.24) is 25.8 Å². The first-order chi connectivity index (χ1) is 17.4. The van der Waals surface area contributed by atoms with Gasteiger partial charge in [-0.25, -0.2) is 9.97 Å². The molecule has 1 saturated heterocycles. The fourth-order valence-electron chi connectivity index (χ4n) is 4.52. The molecule has 0 radical (unpaired) electrons. The van der Waals surface area contributed by atoms with E-state index in [0.29, 0.717) is 37.1 Å². The van der Waals surface area contributed by atoms with Gasteiger partial charge in [0, 0.05) is 30.8 Å². The average molecular weight is 497 g/mol. The van der Waals surface area contributed by atoms with Crippen LogP contribution in [0.3, 0.4) is 0 Å². The largest absolute Gasteiger partial charge is 0.491 e. The van der Waals surface area contributed by atoms with E-state index in [4.69, 9.17) is 24.0 Å². The van der Waals surface area contributed by atoms with Crippen molar-refractivity contribution in [2.24, 2.45) is 0 Å². The maximum absolute atomic E-state index is 10.0. The molecule has 36 heavy (non-hydrogen) atoms. The van der Waals surface area contributed by atoms with Crippen LogP contribution >= 0.6 is 0 Å². The highest BCUT2D eigenvalue weighted by Crippen LogP contribution is 2.35. The molecule has 194 valence electrons. The van der Waals surface area contributed by atoms with Gasteiger partial charge < -0.3 is 35.1 Å². The second kappa shape index (κ2) is 11.3. The number of aryl methyl sites for hydroxylation is 2. The van der Waals surface area contributed by atoms with Crippen molar-refractivity contribution in [3.05, 3.63) is 41.3 Å². The van der Waals surface area contributed by atoms with Crippen LogP contribution in [0, 0.1) is 20.8 Å². The van der Waals surface area contributed by atoms with Crippen LogP contribution in [0.4, 0.5) is 5.82 Å². The Bertz CT molecular complexity index is 1160. The Morgan fingerprint density at radius 2 is 2.00 bits per heavy atom. The molecule has 0 aliphatic carbocycles. The zero-order valence-corrected chi connectivity index (χ0v) is 21.6. The van der Waals surface area contributed by atoms with Gasteiger partial charge in [-0.2, -0.15) is 0 Å². The van der Waals surface area contributed by atoms with Gasteiger partial charge >= 0.3 is 0 Å². The topological polar surface area (TPSA) is 127 Å². The van der Waals surface area contributed by atoms with E-state index < -0.39 is 6.10 Å². The van der Waals surface area contributed by atoms with Crippen LogP contribution < -0.4 is 20.7 Å². The smallest absolute Gasteiger partial charge is 0.162 e. The number of aromatic nitrogens is 3. The van der Waals surface area contributed by atoms with Gasteiger partial charge in [0.1, 0.15) is 30.0 Å². The first-order valence-electron chi connectivity index (χ1n) is 12.2. The number of nitrogens with zero attached hydrogens (tertiary/aromatic N) is 3. The van der Waals surface area contributed by atoms with E-state index in [0.717, 1.165) is 46.9 Å². The summed E-state index contributed by atoms with van der Waals surface area (Å²) < 4.78 is 17.0. The Kier molecular flexibility index (Phi) is 8.20. The number of benzene rings is 1. The standard InChI is InChI=1S/C26H36N6O4/c1-16-23(22-17(2)32-36-18(22)3)29-25(30-24(16)31-26(14-28-5)9-10-34-15-26)19-7-6-8-21(11-19)35-13-20(33)12-27-4/h6-8,11,20,27-28,33H,9-10,12-15H2,1-5H3,(H,29,30,31). The van der Waals surface area contributed by atoms with Crippen molar-refractivity contribution in [2.45, 2.75) is 38.8 Å². The lowest BCUT2D eigenvalue weighted by atomic mass is 9.97. The summed E-state index contributed by atoms with van der Waals surface area (Å²) in [6, 6.07) is 7.59. The first kappa shape index (κ1) is 26.0. The third kappa shape index (κ3) is 5.67. The van der Waals surface area contributed by atoms with Crippen LogP contribution in [-0.4, -0.2) is 78.9 Å². The van der Waals surface area contributed by atoms with Gasteiger partial charge in [0.15, 0.2) is 5.82 Å². The Balaban J connectivity index is 1.76. The number of hydrogen-bond donors (Lipinski definition) is 4. The molecule has 2 unspecified atom stereocenters. The molecule has 1 aliphatic rings. The van der Waals surface area contributed by atoms with Gasteiger partial charge in [-0.1, -0.05) is 17.3 Å². The van der Waals surface area contributed by atoms with E-state index in [1.165, 1.54) is 0 Å². The molecule has 2 atom stereocenters. The van der Waals surface area contributed by atoms with E-state index in [1.54, 1.807) is 7.05 Å². The Morgan fingerprint density at radius 1 is 1.17 bits per heavy atom. The third-order valence-electron chi connectivity index (χ3n) is 6.39. The van der Waals surface area contributed by atoms with E-state index in [2.05, 4.69) is 21.1 Å². The monoisotopic (exact) mass is 496 g/mol. The molecule has 10 heteroatoms. The lowest BCUT2D eigenvalue weighted by Gasteiger charge is -2.30. The summed E-state index contributed by atoms with van der Waals surface area (Å²) in [5, 5.41) is 24.1. The molecule has 1 aliphatic heterocycles. The molecule has 0 spiro atoms.